The molecular weight excluding hydrogens is 324 g/mol. The van der Waals surface area contributed by atoms with Crippen LogP contribution in [-0.2, 0) is 19.6 Å². The number of sulfonamides is 1. The number of carbonyl (C=O) groups excluding carboxylic acids is 1. The van der Waals surface area contributed by atoms with Crippen LogP contribution < -0.4 is 10.0 Å². The highest BCUT2D eigenvalue weighted by Crippen LogP contribution is 2.15. The van der Waals surface area contributed by atoms with Crippen LogP contribution in [0.15, 0.2) is 29.2 Å². The van der Waals surface area contributed by atoms with Crippen molar-refractivity contribution >= 4 is 27.8 Å². The number of hydrogen-bond acceptors (Lipinski definition) is 5. The number of amides is 1. The fraction of sp³-hybridized carbons (Fsp3) is 0.429. The van der Waals surface area contributed by atoms with E-state index >= 15 is 0 Å². The maximum Gasteiger partial charge on any atom is 0.412 e. The third kappa shape index (κ3) is 7.11. The highest BCUT2D eigenvalue weighted by Gasteiger charge is 2.17. The molecule has 0 radical (unpaired) electrons. The number of carboxylic acid groups (broad SMARTS) is 1. The Morgan fingerprint density at radius 1 is 1.17 bits per heavy atom. The Labute approximate surface area is 134 Å². The Morgan fingerprint density at radius 3 is 2.22 bits per heavy atom. The lowest BCUT2D eigenvalue weighted by Gasteiger charge is -2.19. The van der Waals surface area contributed by atoms with Crippen LogP contribution in [0.4, 0.5) is 10.5 Å². The van der Waals surface area contributed by atoms with Gasteiger partial charge >= 0.3 is 12.1 Å². The number of anilines is 1. The normalized spacial score (nSPS) is 11.8. The van der Waals surface area contributed by atoms with Gasteiger partial charge in [-0.05, 0) is 45.0 Å². The van der Waals surface area contributed by atoms with Crippen molar-refractivity contribution in [2.45, 2.75) is 37.7 Å². The predicted octanol–water partition coefficient (Wildman–Crippen LogP) is 1.79. The van der Waals surface area contributed by atoms with E-state index in [9.17, 15) is 18.0 Å². The van der Waals surface area contributed by atoms with Gasteiger partial charge in [-0.3, -0.25) is 10.1 Å². The molecule has 1 aromatic carbocycles. The first-order valence-corrected chi connectivity index (χ1v) is 8.29. The first kappa shape index (κ1) is 18.9. The second-order valence-electron chi connectivity index (χ2n) is 5.69. The van der Waals surface area contributed by atoms with Gasteiger partial charge in [0.05, 0.1) is 11.3 Å². The van der Waals surface area contributed by atoms with Crippen molar-refractivity contribution in [2.75, 3.05) is 11.9 Å². The monoisotopic (exact) mass is 344 g/mol. The van der Waals surface area contributed by atoms with Gasteiger partial charge in [0, 0.05) is 12.2 Å². The second kappa shape index (κ2) is 7.42. The maximum absolute atomic E-state index is 11.9. The summed E-state index contributed by atoms with van der Waals surface area (Å²) in [6.07, 6.45) is -0.954. The Balaban J connectivity index is 2.69. The Bertz CT molecular complexity index is 662. The number of carbonyl (C=O) groups is 2. The molecule has 1 amide bonds. The fourth-order valence-corrected chi connectivity index (χ4v) is 2.55. The number of aliphatic carboxylic acids is 1. The topological polar surface area (TPSA) is 122 Å². The average molecular weight is 344 g/mol. The summed E-state index contributed by atoms with van der Waals surface area (Å²) < 4.78 is 31.1. The Morgan fingerprint density at radius 2 is 1.74 bits per heavy atom. The summed E-state index contributed by atoms with van der Waals surface area (Å²) in [6, 6.07) is 5.43. The molecular formula is C14H20N2O6S. The Hall–Kier alpha value is -2.13. The molecule has 3 N–H and O–H groups in total. The minimum absolute atomic E-state index is 0.0300. The number of ether oxygens (including phenoxy) is 1. The molecule has 8 nitrogen and oxygen atoms in total. The highest BCUT2D eigenvalue weighted by atomic mass is 32.2. The summed E-state index contributed by atoms with van der Waals surface area (Å²) in [5.74, 6) is -1.09. The van der Waals surface area contributed by atoms with Crippen LogP contribution in [-0.4, -0.2) is 37.7 Å². The molecule has 0 saturated heterocycles. The molecule has 0 aromatic heterocycles. The molecule has 0 saturated carbocycles. The molecule has 0 aliphatic heterocycles. The van der Waals surface area contributed by atoms with E-state index in [0.717, 1.165) is 0 Å². The van der Waals surface area contributed by atoms with Gasteiger partial charge in [0.1, 0.15) is 5.60 Å². The van der Waals surface area contributed by atoms with E-state index < -0.39 is 27.7 Å². The van der Waals surface area contributed by atoms with Crippen LogP contribution in [0.25, 0.3) is 0 Å². The van der Waals surface area contributed by atoms with Gasteiger partial charge in [0.15, 0.2) is 0 Å². The van der Waals surface area contributed by atoms with Gasteiger partial charge in [-0.1, -0.05) is 0 Å². The van der Waals surface area contributed by atoms with Crippen LogP contribution in [0.3, 0.4) is 0 Å². The van der Waals surface area contributed by atoms with E-state index in [1.165, 1.54) is 24.3 Å². The van der Waals surface area contributed by atoms with Gasteiger partial charge in [0.25, 0.3) is 0 Å². The van der Waals surface area contributed by atoms with Crippen LogP contribution in [0.1, 0.15) is 27.2 Å². The van der Waals surface area contributed by atoms with E-state index in [0.29, 0.717) is 5.69 Å². The smallest absolute Gasteiger partial charge is 0.412 e. The average Bonchev–Trinajstić information content (AvgIpc) is 2.36. The van der Waals surface area contributed by atoms with Gasteiger partial charge in [-0.25, -0.2) is 17.9 Å². The van der Waals surface area contributed by atoms with E-state index in [1.54, 1.807) is 20.8 Å². The van der Waals surface area contributed by atoms with Gasteiger partial charge in [-0.2, -0.15) is 0 Å². The first-order chi connectivity index (χ1) is 10.5. The number of rotatable bonds is 6. The third-order valence-electron chi connectivity index (χ3n) is 2.44. The summed E-state index contributed by atoms with van der Waals surface area (Å²) in [4.78, 5) is 21.9. The molecule has 1 aromatic rings. The molecule has 0 aliphatic carbocycles. The molecule has 0 spiro atoms. The largest absolute Gasteiger partial charge is 0.481 e. The quantitative estimate of drug-likeness (QED) is 0.723. The van der Waals surface area contributed by atoms with Crippen LogP contribution >= 0.6 is 0 Å². The number of benzene rings is 1. The predicted molar refractivity (Wildman–Crippen MR) is 83.7 cm³/mol. The molecule has 1 rings (SSSR count). The number of hydrogen-bond donors (Lipinski definition) is 3. The van der Waals surface area contributed by atoms with Crippen LogP contribution in [0.2, 0.25) is 0 Å². The lowest BCUT2D eigenvalue weighted by atomic mass is 10.2. The molecule has 0 unspecified atom stereocenters. The van der Waals surface area contributed by atoms with Crippen molar-refractivity contribution in [3.8, 4) is 0 Å². The van der Waals surface area contributed by atoms with Crippen molar-refractivity contribution in [3.05, 3.63) is 24.3 Å². The lowest BCUT2D eigenvalue weighted by molar-refractivity contribution is -0.136. The van der Waals surface area contributed by atoms with Gasteiger partial charge in [0.2, 0.25) is 10.0 Å². The van der Waals surface area contributed by atoms with Gasteiger partial charge in [-0.15, -0.1) is 0 Å². The van der Waals surface area contributed by atoms with Gasteiger partial charge < -0.3 is 9.84 Å². The van der Waals surface area contributed by atoms with E-state index in [2.05, 4.69) is 10.0 Å². The maximum atomic E-state index is 11.9. The minimum Gasteiger partial charge on any atom is -0.481 e. The van der Waals surface area contributed by atoms with Crippen molar-refractivity contribution in [3.63, 3.8) is 0 Å². The van der Waals surface area contributed by atoms with Crippen molar-refractivity contribution in [1.29, 1.82) is 0 Å². The molecule has 0 bridgehead atoms. The second-order valence-corrected chi connectivity index (χ2v) is 7.46. The zero-order valence-corrected chi connectivity index (χ0v) is 13.9. The van der Waals surface area contributed by atoms with Crippen LogP contribution in [0.5, 0.6) is 0 Å². The lowest BCUT2D eigenvalue weighted by Crippen LogP contribution is -2.27. The third-order valence-corrected chi connectivity index (χ3v) is 3.92. The van der Waals surface area contributed by atoms with E-state index in [-0.39, 0.29) is 17.9 Å². The number of carboxylic acids is 1. The summed E-state index contributed by atoms with van der Waals surface area (Å²) in [7, 11) is -3.79. The summed E-state index contributed by atoms with van der Waals surface area (Å²) in [5.41, 5.74) is -0.259. The first-order valence-electron chi connectivity index (χ1n) is 6.81. The summed E-state index contributed by atoms with van der Waals surface area (Å²) >= 11 is 0. The zero-order valence-electron chi connectivity index (χ0n) is 13.1. The highest BCUT2D eigenvalue weighted by molar-refractivity contribution is 7.89. The zero-order chi connectivity index (χ0) is 17.7. The molecule has 0 aliphatic rings. The summed E-state index contributed by atoms with van der Waals surface area (Å²) in [6.45, 7) is 4.98. The van der Waals surface area contributed by atoms with Crippen LogP contribution in [0, 0.1) is 0 Å². The Kier molecular flexibility index (Phi) is 6.11. The molecule has 9 heteroatoms. The molecule has 0 fully saturated rings. The SMILES string of the molecule is CC(C)(C)OC(=O)Nc1ccc(S(=O)(=O)NCCC(=O)O)cc1. The minimum atomic E-state index is -3.79. The van der Waals surface area contributed by atoms with Crippen molar-refractivity contribution in [1.82, 2.24) is 4.72 Å². The van der Waals surface area contributed by atoms with E-state index in [1.807, 2.05) is 0 Å². The number of nitrogens with one attached hydrogen (secondary N) is 2. The van der Waals surface area contributed by atoms with Crippen molar-refractivity contribution < 1.29 is 27.9 Å². The molecule has 128 valence electrons. The standard InChI is InChI=1S/C14H20N2O6S/c1-14(2,3)22-13(19)16-10-4-6-11(7-5-10)23(20,21)15-9-8-12(17)18/h4-7,15H,8-9H2,1-3H3,(H,16,19)(H,17,18). The molecule has 0 heterocycles. The molecule has 0 atom stereocenters. The summed E-state index contributed by atoms with van der Waals surface area (Å²) in [5, 5.41) is 11.0. The van der Waals surface area contributed by atoms with Crippen molar-refractivity contribution in [2.24, 2.45) is 0 Å². The molecule has 23 heavy (non-hydrogen) atoms. The van der Waals surface area contributed by atoms with E-state index in [4.69, 9.17) is 9.84 Å². The fourth-order valence-electron chi connectivity index (χ4n) is 1.51.